The van der Waals surface area contributed by atoms with Crippen molar-refractivity contribution in [2.45, 2.75) is 51.6 Å². The van der Waals surface area contributed by atoms with E-state index >= 15 is 0 Å². The Hall–Kier alpha value is -0.820. The van der Waals surface area contributed by atoms with E-state index in [0.717, 1.165) is 12.8 Å². The molecule has 0 aromatic heterocycles. The lowest BCUT2D eigenvalue weighted by Crippen LogP contribution is -2.51. The van der Waals surface area contributed by atoms with Crippen LogP contribution in [0.5, 0.6) is 0 Å². The molecule has 1 fully saturated rings. The Morgan fingerprint density at radius 2 is 1.69 bits per heavy atom. The van der Waals surface area contributed by atoms with Crippen LogP contribution in [0.25, 0.3) is 0 Å². The number of hydrogen-bond donors (Lipinski definition) is 1. The minimum absolute atomic E-state index is 0.0134. The summed E-state index contributed by atoms with van der Waals surface area (Å²) in [6.07, 6.45) is 3.23. The summed E-state index contributed by atoms with van der Waals surface area (Å²) in [6, 6.07) is 10.5. The van der Waals surface area contributed by atoms with Gasteiger partial charge in [0.25, 0.3) is 0 Å². The van der Waals surface area contributed by atoms with Crippen molar-refractivity contribution in [3.63, 3.8) is 0 Å². The third kappa shape index (κ3) is 1.78. The number of benzene rings is 1. The Morgan fingerprint density at radius 3 is 2.06 bits per heavy atom. The third-order valence-corrected chi connectivity index (χ3v) is 3.94. The molecule has 0 amide bonds. The molecule has 2 rings (SSSR count). The molecule has 88 valence electrons. The second-order valence-electron chi connectivity index (χ2n) is 6.14. The number of aliphatic hydroxyl groups excluding tert-OH is 1. The molecule has 1 saturated carbocycles. The van der Waals surface area contributed by atoms with E-state index in [2.05, 4.69) is 45.0 Å². The van der Waals surface area contributed by atoms with Crippen molar-refractivity contribution < 1.29 is 5.11 Å². The molecule has 0 bridgehead atoms. The van der Waals surface area contributed by atoms with Gasteiger partial charge in [-0.2, -0.15) is 0 Å². The van der Waals surface area contributed by atoms with Crippen LogP contribution >= 0.6 is 0 Å². The second-order valence-corrected chi connectivity index (χ2v) is 6.14. The van der Waals surface area contributed by atoms with E-state index in [1.807, 2.05) is 6.07 Å². The molecule has 0 radical (unpaired) electrons. The van der Waals surface area contributed by atoms with Crippen molar-refractivity contribution in [1.29, 1.82) is 0 Å². The van der Waals surface area contributed by atoms with E-state index in [1.165, 1.54) is 12.0 Å². The Balaban J connectivity index is 2.34. The first-order valence-corrected chi connectivity index (χ1v) is 6.20. The van der Waals surface area contributed by atoms with Crippen LogP contribution in [0.1, 0.15) is 45.6 Å². The van der Waals surface area contributed by atoms with E-state index in [9.17, 15) is 5.11 Å². The highest BCUT2D eigenvalue weighted by Crippen LogP contribution is 2.50. The monoisotopic (exact) mass is 218 g/mol. The maximum Gasteiger partial charge on any atom is 0.0684 e. The van der Waals surface area contributed by atoms with Crippen molar-refractivity contribution >= 4 is 0 Å². The van der Waals surface area contributed by atoms with Gasteiger partial charge in [-0.3, -0.25) is 0 Å². The Morgan fingerprint density at radius 1 is 1.12 bits per heavy atom. The summed E-state index contributed by atoms with van der Waals surface area (Å²) < 4.78 is 0. The lowest BCUT2D eigenvalue weighted by molar-refractivity contribution is -0.0439. The van der Waals surface area contributed by atoms with E-state index in [4.69, 9.17) is 0 Å². The molecule has 1 unspecified atom stereocenters. The highest BCUT2D eigenvalue weighted by molar-refractivity contribution is 5.30. The molecule has 0 heterocycles. The Kier molecular flexibility index (Phi) is 2.83. The predicted octanol–water partition coefficient (Wildman–Crippen LogP) is 3.52. The molecule has 1 N–H and O–H groups in total. The zero-order valence-corrected chi connectivity index (χ0v) is 10.5. The zero-order chi connectivity index (χ0) is 11.8. The standard InChI is InChI=1S/C15H22O/c1-14(2,3)13(16)15(10-7-11-15)12-8-5-4-6-9-12/h4-6,8-9,13,16H,7,10-11H2,1-3H3. The maximum absolute atomic E-state index is 10.6. The average molecular weight is 218 g/mol. The quantitative estimate of drug-likeness (QED) is 0.805. The van der Waals surface area contributed by atoms with Gasteiger partial charge >= 0.3 is 0 Å². The largest absolute Gasteiger partial charge is 0.392 e. The van der Waals surface area contributed by atoms with Crippen LogP contribution in [-0.2, 0) is 5.41 Å². The summed E-state index contributed by atoms with van der Waals surface area (Å²) in [5.74, 6) is 0. The molecule has 1 nitrogen and oxygen atoms in total. The van der Waals surface area contributed by atoms with Crippen LogP contribution in [-0.4, -0.2) is 11.2 Å². The molecule has 1 aromatic rings. The van der Waals surface area contributed by atoms with Gasteiger partial charge < -0.3 is 5.11 Å². The van der Waals surface area contributed by atoms with Crippen molar-refractivity contribution in [3.05, 3.63) is 35.9 Å². The van der Waals surface area contributed by atoms with Crippen LogP contribution in [0.4, 0.5) is 0 Å². The first-order chi connectivity index (χ1) is 7.47. The van der Waals surface area contributed by atoms with Gasteiger partial charge in [0.05, 0.1) is 6.10 Å². The summed E-state index contributed by atoms with van der Waals surface area (Å²) in [5.41, 5.74) is 1.28. The summed E-state index contributed by atoms with van der Waals surface area (Å²) in [7, 11) is 0. The molecule has 1 heteroatoms. The Labute approximate surface area is 98.5 Å². The lowest BCUT2D eigenvalue weighted by atomic mass is 9.56. The lowest BCUT2D eigenvalue weighted by Gasteiger charge is -2.50. The number of aliphatic hydroxyl groups is 1. The van der Waals surface area contributed by atoms with Crippen molar-refractivity contribution in [1.82, 2.24) is 0 Å². The smallest absolute Gasteiger partial charge is 0.0684 e. The van der Waals surface area contributed by atoms with Crippen molar-refractivity contribution in [3.8, 4) is 0 Å². The van der Waals surface area contributed by atoms with E-state index in [0.29, 0.717) is 0 Å². The van der Waals surface area contributed by atoms with E-state index in [-0.39, 0.29) is 16.9 Å². The van der Waals surface area contributed by atoms with Crippen LogP contribution in [0, 0.1) is 5.41 Å². The first-order valence-electron chi connectivity index (χ1n) is 6.20. The number of rotatable bonds is 2. The molecule has 1 atom stereocenters. The maximum atomic E-state index is 10.6. The molecule has 0 saturated heterocycles. The zero-order valence-electron chi connectivity index (χ0n) is 10.5. The Bertz CT molecular complexity index is 343. The number of hydrogen-bond acceptors (Lipinski definition) is 1. The molecule has 1 aromatic carbocycles. The predicted molar refractivity (Wildman–Crippen MR) is 67.4 cm³/mol. The van der Waals surface area contributed by atoms with Crippen LogP contribution in [0.3, 0.4) is 0 Å². The fourth-order valence-corrected chi connectivity index (χ4v) is 2.88. The van der Waals surface area contributed by atoms with E-state index < -0.39 is 0 Å². The first kappa shape index (κ1) is 11.7. The normalized spacial score (nSPS) is 21.2. The highest BCUT2D eigenvalue weighted by Gasteiger charge is 2.48. The van der Waals surface area contributed by atoms with Gasteiger partial charge in [0, 0.05) is 5.41 Å². The van der Waals surface area contributed by atoms with Crippen LogP contribution < -0.4 is 0 Å². The van der Waals surface area contributed by atoms with Gasteiger partial charge in [-0.25, -0.2) is 0 Å². The molecule has 16 heavy (non-hydrogen) atoms. The molecule has 0 aliphatic heterocycles. The average Bonchev–Trinajstić information content (AvgIpc) is 2.16. The van der Waals surface area contributed by atoms with Crippen LogP contribution in [0.15, 0.2) is 30.3 Å². The molecule has 0 spiro atoms. The van der Waals surface area contributed by atoms with Gasteiger partial charge in [-0.1, -0.05) is 57.5 Å². The van der Waals surface area contributed by atoms with Gasteiger partial charge in [0.2, 0.25) is 0 Å². The molecular formula is C15H22O. The van der Waals surface area contributed by atoms with Gasteiger partial charge in [-0.05, 0) is 23.8 Å². The van der Waals surface area contributed by atoms with E-state index in [1.54, 1.807) is 0 Å². The topological polar surface area (TPSA) is 20.2 Å². The summed E-state index contributed by atoms with van der Waals surface area (Å²) in [4.78, 5) is 0. The summed E-state index contributed by atoms with van der Waals surface area (Å²) >= 11 is 0. The minimum Gasteiger partial charge on any atom is -0.392 e. The fourth-order valence-electron chi connectivity index (χ4n) is 2.88. The summed E-state index contributed by atoms with van der Waals surface area (Å²) in [6.45, 7) is 6.38. The van der Waals surface area contributed by atoms with Gasteiger partial charge in [0.1, 0.15) is 0 Å². The second kappa shape index (κ2) is 3.89. The highest BCUT2D eigenvalue weighted by atomic mass is 16.3. The SMILES string of the molecule is CC(C)(C)C(O)C1(c2ccccc2)CCC1. The third-order valence-electron chi connectivity index (χ3n) is 3.94. The molecular weight excluding hydrogens is 196 g/mol. The molecule has 1 aliphatic carbocycles. The fraction of sp³-hybridized carbons (Fsp3) is 0.600. The van der Waals surface area contributed by atoms with Crippen molar-refractivity contribution in [2.24, 2.45) is 5.41 Å². The molecule has 1 aliphatic rings. The van der Waals surface area contributed by atoms with Gasteiger partial charge in [0.15, 0.2) is 0 Å². The van der Waals surface area contributed by atoms with Crippen molar-refractivity contribution in [2.75, 3.05) is 0 Å². The van der Waals surface area contributed by atoms with Gasteiger partial charge in [-0.15, -0.1) is 0 Å². The van der Waals surface area contributed by atoms with Crippen LogP contribution in [0.2, 0.25) is 0 Å². The minimum atomic E-state index is -0.254. The summed E-state index contributed by atoms with van der Waals surface area (Å²) in [5, 5.41) is 10.6.